The second-order valence-electron chi connectivity index (χ2n) is 5.18. The SMILES string of the molecule is Cc1ccc(NC(=O)C(C)Nc2cc(Cl)ccc2C)cc1. The van der Waals surface area contributed by atoms with Gasteiger partial charge in [0.2, 0.25) is 5.91 Å². The number of carbonyl (C=O) groups is 1. The second kappa shape index (κ2) is 6.64. The van der Waals surface area contributed by atoms with Gasteiger partial charge in [-0.1, -0.05) is 35.4 Å². The summed E-state index contributed by atoms with van der Waals surface area (Å²) in [6, 6.07) is 12.9. The third-order valence-corrected chi connectivity index (χ3v) is 3.52. The van der Waals surface area contributed by atoms with Crippen LogP contribution < -0.4 is 10.6 Å². The number of carbonyl (C=O) groups excluding carboxylic acids is 1. The Balaban J connectivity index is 2.02. The van der Waals surface area contributed by atoms with E-state index in [-0.39, 0.29) is 11.9 Å². The Morgan fingerprint density at radius 3 is 2.43 bits per heavy atom. The molecule has 0 radical (unpaired) electrons. The van der Waals surface area contributed by atoms with Crippen molar-refractivity contribution < 1.29 is 4.79 Å². The van der Waals surface area contributed by atoms with Crippen LogP contribution in [0.25, 0.3) is 0 Å². The standard InChI is InChI=1S/C17H19ClN2O/c1-11-4-8-15(9-5-11)20-17(21)13(3)19-16-10-14(18)7-6-12(16)2/h4-10,13,19H,1-3H3,(H,20,21). The summed E-state index contributed by atoms with van der Waals surface area (Å²) in [7, 11) is 0. The molecule has 1 amide bonds. The molecule has 0 fully saturated rings. The maximum Gasteiger partial charge on any atom is 0.246 e. The van der Waals surface area contributed by atoms with Gasteiger partial charge in [0.25, 0.3) is 0 Å². The first kappa shape index (κ1) is 15.4. The summed E-state index contributed by atoms with van der Waals surface area (Å²) in [5.41, 5.74) is 3.87. The predicted octanol–water partition coefficient (Wildman–Crippen LogP) is 4.40. The third-order valence-electron chi connectivity index (χ3n) is 3.28. The van der Waals surface area contributed by atoms with Crippen LogP contribution in [-0.4, -0.2) is 11.9 Å². The van der Waals surface area contributed by atoms with Crippen LogP contribution in [0.5, 0.6) is 0 Å². The van der Waals surface area contributed by atoms with Crippen LogP contribution in [-0.2, 0) is 4.79 Å². The summed E-state index contributed by atoms with van der Waals surface area (Å²) >= 11 is 5.98. The van der Waals surface area contributed by atoms with E-state index in [9.17, 15) is 4.79 Å². The normalized spacial score (nSPS) is 11.8. The van der Waals surface area contributed by atoms with E-state index in [0.29, 0.717) is 5.02 Å². The minimum absolute atomic E-state index is 0.0850. The fraction of sp³-hybridized carbons (Fsp3) is 0.235. The third kappa shape index (κ3) is 4.23. The Bertz CT molecular complexity index is 638. The van der Waals surface area contributed by atoms with Crippen molar-refractivity contribution >= 4 is 28.9 Å². The summed E-state index contributed by atoms with van der Waals surface area (Å²) < 4.78 is 0. The van der Waals surface area contributed by atoms with Crippen molar-refractivity contribution in [2.24, 2.45) is 0 Å². The molecule has 2 aromatic carbocycles. The highest BCUT2D eigenvalue weighted by Gasteiger charge is 2.13. The van der Waals surface area contributed by atoms with Crippen molar-refractivity contribution in [1.82, 2.24) is 0 Å². The summed E-state index contributed by atoms with van der Waals surface area (Å²) in [6.45, 7) is 5.81. The zero-order chi connectivity index (χ0) is 15.4. The number of benzene rings is 2. The van der Waals surface area contributed by atoms with Gasteiger partial charge >= 0.3 is 0 Å². The van der Waals surface area contributed by atoms with Gasteiger partial charge in [-0.05, 0) is 50.6 Å². The smallest absolute Gasteiger partial charge is 0.246 e. The number of hydrogen-bond donors (Lipinski definition) is 2. The highest BCUT2D eigenvalue weighted by Crippen LogP contribution is 2.21. The van der Waals surface area contributed by atoms with Crippen LogP contribution in [0.1, 0.15) is 18.1 Å². The Morgan fingerprint density at radius 2 is 1.76 bits per heavy atom. The summed E-state index contributed by atoms with van der Waals surface area (Å²) in [6.07, 6.45) is 0. The monoisotopic (exact) mass is 302 g/mol. The van der Waals surface area contributed by atoms with E-state index >= 15 is 0 Å². The van der Waals surface area contributed by atoms with Gasteiger partial charge in [-0.3, -0.25) is 4.79 Å². The summed E-state index contributed by atoms with van der Waals surface area (Å²) in [4.78, 5) is 12.2. The molecule has 2 aromatic rings. The molecule has 3 nitrogen and oxygen atoms in total. The van der Waals surface area contributed by atoms with E-state index in [1.807, 2.05) is 63.2 Å². The molecule has 0 bridgehead atoms. The molecule has 1 atom stereocenters. The molecule has 0 spiro atoms. The van der Waals surface area contributed by atoms with E-state index in [0.717, 1.165) is 22.5 Å². The Hall–Kier alpha value is -2.00. The number of nitrogens with one attached hydrogen (secondary N) is 2. The van der Waals surface area contributed by atoms with Gasteiger partial charge in [-0.15, -0.1) is 0 Å². The lowest BCUT2D eigenvalue weighted by Crippen LogP contribution is -2.32. The molecule has 2 N–H and O–H groups in total. The molecule has 0 heterocycles. The van der Waals surface area contributed by atoms with E-state index in [1.165, 1.54) is 0 Å². The minimum atomic E-state index is -0.358. The molecule has 0 saturated carbocycles. The first-order valence-electron chi connectivity index (χ1n) is 6.86. The van der Waals surface area contributed by atoms with Gasteiger partial charge < -0.3 is 10.6 Å². The van der Waals surface area contributed by atoms with E-state index < -0.39 is 0 Å². The quantitative estimate of drug-likeness (QED) is 0.879. The number of hydrogen-bond acceptors (Lipinski definition) is 2. The molecular weight excluding hydrogens is 284 g/mol. The summed E-state index contributed by atoms with van der Waals surface area (Å²) in [5, 5.41) is 6.72. The molecule has 0 aliphatic heterocycles. The van der Waals surface area contributed by atoms with Gasteiger partial charge in [0, 0.05) is 16.4 Å². The lowest BCUT2D eigenvalue weighted by molar-refractivity contribution is -0.116. The molecule has 0 saturated heterocycles. The lowest BCUT2D eigenvalue weighted by Gasteiger charge is -2.17. The Labute approximate surface area is 130 Å². The fourth-order valence-electron chi connectivity index (χ4n) is 1.94. The van der Waals surface area contributed by atoms with Crippen molar-refractivity contribution in [3.05, 3.63) is 58.6 Å². The van der Waals surface area contributed by atoms with Crippen molar-refractivity contribution in [2.45, 2.75) is 26.8 Å². The van der Waals surface area contributed by atoms with E-state index in [4.69, 9.17) is 11.6 Å². The van der Waals surface area contributed by atoms with E-state index in [2.05, 4.69) is 10.6 Å². The molecule has 0 aliphatic rings. The Kier molecular flexibility index (Phi) is 4.86. The van der Waals surface area contributed by atoms with Gasteiger partial charge in [-0.2, -0.15) is 0 Å². The van der Waals surface area contributed by atoms with Crippen molar-refractivity contribution in [3.8, 4) is 0 Å². The number of aryl methyl sites for hydroxylation is 2. The molecule has 2 rings (SSSR count). The number of halogens is 1. The van der Waals surface area contributed by atoms with Crippen molar-refractivity contribution in [2.75, 3.05) is 10.6 Å². The van der Waals surface area contributed by atoms with Gasteiger partial charge in [0.15, 0.2) is 0 Å². The average Bonchev–Trinajstić information content (AvgIpc) is 2.45. The van der Waals surface area contributed by atoms with Crippen molar-refractivity contribution in [1.29, 1.82) is 0 Å². The molecule has 21 heavy (non-hydrogen) atoms. The first-order valence-corrected chi connectivity index (χ1v) is 7.24. The van der Waals surface area contributed by atoms with Crippen molar-refractivity contribution in [3.63, 3.8) is 0 Å². The average molecular weight is 303 g/mol. The molecule has 4 heteroatoms. The zero-order valence-electron chi connectivity index (χ0n) is 12.4. The summed E-state index contributed by atoms with van der Waals surface area (Å²) in [5.74, 6) is -0.0850. The van der Waals surface area contributed by atoms with Crippen LogP contribution >= 0.6 is 11.6 Å². The topological polar surface area (TPSA) is 41.1 Å². The number of anilines is 2. The van der Waals surface area contributed by atoms with Gasteiger partial charge in [0.1, 0.15) is 6.04 Å². The molecular formula is C17H19ClN2O. The van der Waals surface area contributed by atoms with Crippen LogP contribution in [0.4, 0.5) is 11.4 Å². The minimum Gasteiger partial charge on any atom is -0.374 e. The Morgan fingerprint density at radius 1 is 1.10 bits per heavy atom. The van der Waals surface area contributed by atoms with Gasteiger partial charge in [0.05, 0.1) is 0 Å². The zero-order valence-corrected chi connectivity index (χ0v) is 13.2. The lowest BCUT2D eigenvalue weighted by atomic mass is 10.1. The number of rotatable bonds is 4. The maximum absolute atomic E-state index is 12.2. The predicted molar refractivity (Wildman–Crippen MR) is 89.1 cm³/mol. The molecule has 0 aromatic heterocycles. The molecule has 0 aliphatic carbocycles. The van der Waals surface area contributed by atoms with Crippen LogP contribution in [0.15, 0.2) is 42.5 Å². The molecule has 110 valence electrons. The van der Waals surface area contributed by atoms with Crippen LogP contribution in [0.3, 0.4) is 0 Å². The fourth-order valence-corrected chi connectivity index (χ4v) is 2.11. The number of amides is 1. The molecule has 1 unspecified atom stereocenters. The highest BCUT2D eigenvalue weighted by molar-refractivity contribution is 6.30. The maximum atomic E-state index is 12.2. The van der Waals surface area contributed by atoms with Crippen LogP contribution in [0.2, 0.25) is 5.02 Å². The first-order chi connectivity index (χ1) is 9.95. The van der Waals surface area contributed by atoms with E-state index in [1.54, 1.807) is 0 Å². The second-order valence-corrected chi connectivity index (χ2v) is 5.62. The van der Waals surface area contributed by atoms with Crippen LogP contribution in [0, 0.1) is 13.8 Å². The largest absolute Gasteiger partial charge is 0.374 e. The highest BCUT2D eigenvalue weighted by atomic mass is 35.5. The van der Waals surface area contributed by atoms with Gasteiger partial charge in [-0.25, -0.2) is 0 Å².